The van der Waals surface area contributed by atoms with Crippen LogP contribution in [0.5, 0.6) is 5.75 Å². The zero-order valence-corrected chi connectivity index (χ0v) is 17.1. The Balaban J connectivity index is 2.73. The number of ether oxygens (including phenoxy) is 2. The normalized spacial score (nSPS) is 11.4. The fourth-order valence-corrected chi connectivity index (χ4v) is 3.06. The number of unbranched alkanes of at least 4 members (excludes halogenated alkanes) is 3. The second-order valence-corrected chi connectivity index (χ2v) is 7.62. The van der Waals surface area contributed by atoms with E-state index in [1.807, 2.05) is 12.1 Å². The number of hydrogen-bond donors (Lipinski definition) is 2. The first-order chi connectivity index (χ1) is 12.9. The monoisotopic (exact) mass is 380 g/mol. The van der Waals surface area contributed by atoms with Crippen LogP contribution in [0.1, 0.15) is 69.9 Å². The molecule has 0 heterocycles. The van der Waals surface area contributed by atoms with Gasteiger partial charge in [0, 0.05) is 13.0 Å². The Kier molecular flexibility index (Phi) is 11.1. The van der Waals surface area contributed by atoms with Crippen molar-refractivity contribution in [3.63, 3.8) is 0 Å². The van der Waals surface area contributed by atoms with Crippen LogP contribution in [0.4, 0.5) is 0 Å². The van der Waals surface area contributed by atoms with Crippen molar-refractivity contribution in [3.05, 3.63) is 29.3 Å². The van der Waals surface area contributed by atoms with Crippen molar-refractivity contribution in [2.45, 2.75) is 77.2 Å². The summed E-state index contributed by atoms with van der Waals surface area (Å²) >= 11 is 0. The van der Waals surface area contributed by atoms with Crippen LogP contribution in [0.15, 0.2) is 18.2 Å². The summed E-state index contributed by atoms with van der Waals surface area (Å²) in [5.41, 5.74) is 1.60. The molecule has 1 rings (SSSR count). The van der Waals surface area contributed by atoms with Crippen molar-refractivity contribution in [2.24, 2.45) is 0 Å². The molecule has 0 amide bonds. The number of aliphatic hydroxyl groups is 2. The molecule has 0 radical (unpaired) electrons. The molecule has 0 saturated carbocycles. The van der Waals surface area contributed by atoms with E-state index < -0.39 is 5.60 Å². The lowest BCUT2D eigenvalue weighted by atomic mass is 9.96. The van der Waals surface area contributed by atoms with Gasteiger partial charge in [-0.05, 0) is 69.6 Å². The van der Waals surface area contributed by atoms with E-state index in [0.29, 0.717) is 25.9 Å². The summed E-state index contributed by atoms with van der Waals surface area (Å²) in [6, 6.07) is 6.05. The molecular weight excluding hydrogens is 344 g/mol. The van der Waals surface area contributed by atoms with Gasteiger partial charge >= 0.3 is 5.97 Å². The molecule has 5 nitrogen and oxygen atoms in total. The molecular formula is C22H36O5. The minimum atomic E-state index is -0.687. The van der Waals surface area contributed by atoms with Crippen LogP contribution in [0.3, 0.4) is 0 Å². The molecule has 2 N–H and O–H groups in total. The average molecular weight is 381 g/mol. The number of rotatable bonds is 14. The van der Waals surface area contributed by atoms with Crippen LogP contribution in [0.2, 0.25) is 0 Å². The average Bonchev–Trinajstić information content (AvgIpc) is 2.63. The minimum Gasteiger partial charge on any atom is -0.493 e. The first-order valence-electron chi connectivity index (χ1n) is 10.0. The van der Waals surface area contributed by atoms with E-state index >= 15 is 0 Å². The molecule has 5 heteroatoms. The Morgan fingerprint density at radius 1 is 1.07 bits per heavy atom. The highest BCUT2D eigenvalue weighted by Crippen LogP contribution is 2.26. The molecule has 0 fully saturated rings. The van der Waals surface area contributed by atoms with Crippen molar-refractivity contribution < 1.29 is 24.5 Å². The maximum Gasteiger partial charge on any atom is 0.305 e. The van der Waals surface area contributed by atoms with E-state index in [-0.39, 0.29) is 12.6 Å². The Labute approximate surface area is 163 Å². The summed E-state index contributed by atoms with van der Waals surface area (Å²) in [6.07, 6.45) is 7.31. The van der Waals surface area contributed by atoms with E-state index in [1.54, 1.807) is 13.8 Å². The van der Waals surface area contributed by atoms with Crippen LogP contribution < -0.4 is 4.74 Å². The third kappa shape index (κ3) is 10.4. The van der Waals surface area contributed by atoms with Gasteiger partial charge in [0.25, 0.3) is 0 Å². The first-order valence-corrected chi connectivity index (χ1v) is 10.0. The van der Waals surface area contributed by atoms with Gasteiger partial charge in [0.05, 0.1) is 19.3 Å². The maximum atomic E-state index is 11.6. The molecule has 27 heavy (non-hydrogen) atoms. The summed E-state index contributed by atoms with van der Waals surface area (Å²) in [6.45, 7) is 4.38. The van der Waals surface area contributed by atoms with Gasteiger partial charge in [-0.25, -0.2) is 0 Å². The second kappa shape index (κ2) is 12.7. The molecule has 0 aromatic heterocycles. The third-order valence-corrected chi connectivity index (χ3v) is 4.58. The predicted molar refractivity (Wildman–Crippen MR) is 107 cm³/mol. The number of benzene rings is 1. The fourth-order valence-electron chi connectivity index (χ4n) is 3.06. The zero-order chi connectivity index (χ0) is 20.1. The summed E-state index contributed by atoms with van der Waals surface area (Å²) < 4.78 is 10.8. The number of carbonyl (C=O) groups excluding carboxylic acids is 1. The molecule has 0 saturated heterocycles. The minimum absolute atomic E-state index is 0.222. The Morgan fingerprint density at radius 2 is 1.81 bits per heavy atom. The number of hydrogen-bond acceptors (Lipinski definition) is 5. The largest absolute Gasteiger partial charge is 0.493 e. The molecule has 154 valence electrons. The lowest BCUT2D eigenvalue weighted by Gasteiger charge is -2.18. The fraction of sp³-hybridized carbons (Fsp3) is 0.682. The molecule has 0 aliphatic heterocycles. The highest BCUT2D eigenvalue weighted by atomic mass is 16.5. The van der Waals surface area contributed by atoms with E-state index in [9.17, 15) is 9.90 Å². The second-order valence-electron chi connectivity index (χ2n) is 7.62. The lowest BCUT2D eigenvalue weighted by Crippen LogP contribution is -2.19. The van der Waals surface area contributed by atoms with E-state index in [0.717, 1.165) is 49.8 Å². The number of methoxy groups -OCH3 is 1. The van der Waals surface area contributed by atoms with Crippen LogP contribution in [-0.4, -0.2) is 42.1 Å². The van der Waals surface area contributed by atoms with Gasteiger partial charge in [-0.3, -0.25) is 4.79 Å². The Morgan fingerprint density at radius 3 is 2.48 bits per heavy atom. The smallest absolute Gasteiger partial charge is 0.305 e. The quantitative estimate of drug-likeness (QED) is 0.379. The molecule has 0 aliphatic carbocycles. The highest BCUT2D eigenvalue weighted by molar-refractivity contribution is 5.69. The summed E-state index contributed by atoms with van der Waals surface area (Å²) in [5.74, 6) is 0.600. The van der Waals surface area contributed by atoms with Gasteiger partial charge in [0.2, 0.25) is 0 Å². The molecule has 0 atom stereocenters. The molecule has 0 unspecified atom stereocenters. The van der Waals surface area contributed by atoms with Gasteiger partial charge in [-0.2, -0.15) is 0 Å². The SMILES string of the molecule is COC(=O)CCc1c(CCCCCCO)cccc1OCCCC(C)(C)O. The van der Waals surface area contributed by atoms with Crippen LogP contribution in [0, 0.1) is 0 Å². The van der Waals surface area contributed by atoms with Crippen LogP contribution in [0.25, 0.3) is 0 Å². The van der Waals surface area contributed by atoms with E-state index in [1.165, 1.54) is 12.7 Å². The first kappa shape index (κ1) is 23.4. The lowest BCUT2D eigenvalue weighted by molar-refractivity contribution is -0.140. The van der Waals surface area contributed by atoms with Crippen molar-refractivity contribution >= 4 is 5.97 Å². The third-order valence-electron chi connectivity index (χ3n) is 4.58. The molecule has 1 aromatic rings. The van der Waals surface area contributed by atoms with Crippen molar-refractivity contribution in [1.82, 2.24) is 0 Å². The van der Waals surface area contributed by atoms with Crippen LogP contribution in [-0.2, 0) is 22.4 Å². The van der Waals surface area contributed by atoms with E-state index in [2.05, 4.69) is 6.07 Å². The maximum absolute atomic E-state index is 11.6. The van der Waals surface area contributed by atoms with Gasteiger partial charge < -0.3 is 19.7 Å². The predicted octanol–water partition coefficient (Wildman–Crippen LogP) is 3.82. The number of esters is 1. The Hall–Kier alpha value is -1.59. The standard InChI is InChI=1S/C22H36O5/c1-22(2,25)15-9-17-27-20-12-8-11-18(10-6-4-5-7-16-23)19(20)13-14-21(24)26-3/h8,11-12,23,25H,4-7,9-10,13-17H2,1-3H3. The number of carbonyl (C=O) groups is 1. The number of aryl methyl sites for hydroxylation is 1. The van der Waals surface area contributed by atoms with E-state index in [4.69, 9.17) is 14.6 Å². The summed E-state index contributed by atoms with van der Waals surface area (Å²) in [4.78, 5) is 11.6. The molecule has 0 spiro atoms. The molecule has 0 aliphatic rings. The topological polar surface area (TPSA) is 76.0 Å². The summed E-state index contributed by atoms with van der Waals surface area (Å²) in [5, 5.41) is 18.7. The van der Waals surface area contributed by atoms with Crippen molar-refractivity contribution in [2.75, 3.05) is 20.3 Å². The highest BCUT2D eigenvalue weighted by Gasteiger charge is 2.14. The zero-order valence-electron chi connectivity index (χ0n) is 17.1. The van der Waals surface area contributed by atoms with Crippen molar-refractivity contribution in [1.29, 1.82) is 0 Å². The van der Waals surface area contributed by atoms with Gasteiger partial charge in [0.15, 0.2) is 0 Å². The molecule has 0 bridgehead atoms. The molecule has 1 aromatic carbocycles. The Bertz CT molecular complexity index is 548. The van der Waals surface area contributed by atoms with Gasteiger partial charge in [0.1, 0.15) is 5.75 Å². The van der Waals surface area contributed by atoms with Crippen LogP contribution >= 0.6 is 0 Å². The van der Waals surface area contributed by atoms with Crippen molar-refractivity contribution in [3.8, 4) is 5.75 Å². The number of aliphatic hydroxyl groups excluding tert-OH is 1. The van der Waals surface area contributed by atoms with Gasteiger partial charge in [-0.15, -0.1) is 0 Å². The van der Waals surface area contributed by atoms with Gasteiger partial charge in [-0.1, -0.05) is 25.0 Å². The summed E-state index contributed by atoms with van der Waals surface area (Å²) in [7, 11) is 1.41.